The number of hydrazone groups is 1. The first-order valence-corrected chi connectivity index (χ1v) is 14.0. The number of hydrogen-bond acceptors (Lipinski definition) is 7. The number of amides is 2. The van der Waals surface area contributed by atoms with Gasteiger partial charge in [-0.05, 0) is 79.4 Å². The van der Waals surface area contributed by atoms with Crippen molar-refractivity contribution in [3.05, 3.63) is 82.4 Å². The van der Waals surface area contributed by atoms with E-state index >= 15 is 0 Å². The summed E-state index contributed by atoms with van der Waals surface area (Å²) in [6.07, 6.45) is 3.86. The van der Waals surface area contributed by atoms with Gasteiger partial charge in [0.25, 0.3) is 0 Å². The number of anilines is 1. The maximum atomic E-state index is 12.3. The number of fused-ring (bicyclic) bond motifs is 1. The van der Waals surface area contributed by atoms with Crippen LogP contribution in [0.25, 0.3) is 10.2 Å². The van der Waals surface area contributed by atoms with Gasteiger partial charge in [-0.1, -0.05) is 48.1 Å². The molecule has 1 aliphatic heterocycles. The number of aromatic nitrogens is 1. The van der Waals surface area contributed by atoms with Gasteiger partial charge in [-0.3, -0.25) is 10.2 Å². The third-order valence-corrected chi connectivity index (χ3v) is 7.83. The number of hydrogen-bond donors (Lipinski definition) is 3. The summed E-state index contributed by atoms with van der Waals surface area (Å²) in [5.41, 5.74) is 5.90. The van der Waals surface area contributed by atoms with Gasteiger partial charge in [0.2, 0.25) is 0 Å². The normalized spacial score (nSPS) is 14.6. The predicted molar refractivity (Wildman–Crippen MR) is 157 cm³/mol. The number of halogens is 1. The number of ether oxygens (including phenoxy) is 1. The summed E-state index contributed by atoms with van der Waals surface area (Å²) in [6.45, 7) is 5.86. The van der Waals surface area contributed by atoms with Crippen LogP contribution >= 0.6 is 22.9 Å². The number of rotatable bonds is 8. The second-order valence-electron chi connectivity index (χ2n) is 9.74. The average Bonchev–Trinajstić information content (AvgIpc) is 3.32. The highest BCUT2D eigenvalue weighted by Crippen LogP contribution is 2.28. The number of benzene rings is 3. The Kier molecular flexibility index (Phi) is 8.61. The maximum absolute atomic E-state index is 12.3. The van der Waals surface area contributed by atoms with E-state index in [1.807, 2.05) is 18.2 Å². The van der Waals surface area contributed by atoms with Gasteiger partial charge >= 0.3 is 6.03 Å². The van der Waals surface area contributed by atoms with Crippen molar-refractivity contribution in [3.63, 3.8) is 0 Å². The van der Waals surface area contributed by atoms with Crippen LogP contribution in [0.5, 0.6) is 11.5 Å². The highest BCUT2D eigenvalue weighted by atomic mass is 35.5. The van der Waals surface area contributed by atoms with Gasteiger partial charge in [0.1, 0.15) is 18.1 Å². The Morgan fingerprint density at radius 2 is 1.92 bits per heavy atom. The van der Waals surface area contributed by atoms with Crippen LogP contribution in [-0.2, 0) is 13.2 Å². The van der Waals surface area contributed by atoms with E-state index in [0.717, 1.165) is 41.3 Å². The number of aromatic hydroxyl groups is 1. The van der Waals surface area contributed by atoms with Crippen LogP contribution in [0.4, 0.5) is 9.93 Å². The van der Waals surface area contributed by atoms with Crippen LogP contribution in [0.3, 0.4) is 0 Å². The van der Waals surface area contributed by atoms with E-state index in [0.29, 0.717) is 28.1 Å². The lowest BCUT2D eigenvalue weighted by atomic mass is 9.99. The quantitative estimate of drug-likeness (QED) is 0.165. The smallest absolute Gasteiger partial charge is 0.341 e. The molecule has 0 unspecified atom stereocenters. The number of nitrogens with zero attached hydrogens (tertiary/aromatic N) is 3. The van der Waals surface area contributed by atoms with Crippen molar-refractivity contribution in [1.82, 2.24) is 15.3 Å². The fraction of sp³-hybridized carbons (Fsp3) is 0.276. The van der Waals surface area contributed by atoms with Gasteiger partial charge in [0.05, 0.1) is 16.4 Å². The van der Waals surface area contributed by atoms with Crippen molar-refractivity contribution in [2.45, 2.75) is 32.9 Å². The molecule has 1 aromatic heterocycles. The van der Waals surface area contributed by atoms with Crippen molar-refractivity contribution in [2.24, 2.45) is 11.0 Å². The van der Waals surface area contributed by atoms with E-state index in [9.17, 15) is 9.90 Å². The van der Waals surface area contributed by atoms with E-state index in [1.165, 1.54) is 42.0 Å². The second kappa shape index (κ2) is 12.5. The molecule has 2 amide bonds. The van der Waals surface area contributed by atoms with Crippen LogP contribution in [-0.4, -0.2) is 40.3 Å². The summed E-state index contributed by atoms with van der Waals surface area (Å²) in [6, 6.07) is 18.0. The maximum Gasteiger partial charge on any atom is 0.341 e. The van der Waals surface area contributed by atoms with Crippen LogP contribution in [0.15, 0.2) is 65.8 Å². The number of likely N-dealkylation sites (tertiary alicyclic amines) is 1. The van der Waals surface area contributed by atoms with E-state index in [-0.39, 0.29) is 5.75 Å². The number of piperidine rings is 1. The van der Waals surface area contributed by atoms with Gasteiger partial charge < -0.3 is 9.84 Å². The fourth-order valence-corrected chi connectivity index (χ4v) is 5.41. The first-order chi connectivity index (χ1) is 18.9. The molecule has 2 heterocycles. The van der Waals surface area contributed by atoms with Crippen LogP contribution in [0, 0.1) is 5.92 Å². The highest BCUT2D eigenvalue weighted by molar-refractivity contribution is 7.22. The monoisotopic (exact) mass is 563 g/mol. The first-order valence-electron chi connectivity index (χ1n) is 12.8. The molecule has 0 atom stereocenters. The lowest BCUT2D eigenvalue weighted by Gasteiger charge is -2.30. The van der Waals surface area contributed by atoms with Gasteiger partial charge in [-0.15, -0.1) is 0 Å². The molecule has 0 bridgehead atoms. The third kappa shape index (κ3) is 7.47. The molecule has 1 saturated heterocycles. The number of phenolic OH excluding ortho intramolecular Hbond substituents is 1. The van der Waals surface area contributed by atoms with E-state index in [2.05, 4.69) is 44.8 Å². The minimum Gasteiger partial charge on any atom is -0.507 e. The van der Waals surface area contributed by atoms with Crippen LogP contribution in [0.2, 0.25) is 5.02 Å². The zero-order valence-electron chi connectivity index (χ0n) is 21.6. The molecule has 8 nitrogen and oxygen atoms in total. The molecule has 4 aromatic rings. The predicted octanol–water partition coefficient (Wildman–Crippen LogP) is 6.62. The molecule has 0 aliphatic carbocycles. The summed E-state index contributed by atoms with van der Waals surface area (Å²) < 4.78 is 6.74. The minimum absolute atomic E-state index is 0.0180. The first kappa shape index (κ1) is 26.9. The van der Waals surface area contributed by atoms with Crippen molar-refractivity contribution >= 4 is 50.5 Å². The second-order valence-corrected chi connectivity index (χ2v) is 11.2. The molecule has 3 N–H and O–H groups in total. The largest absolute Gasteiger partial charge is 0.507 e. The van der Waals surface area contributed by atoms with Gasteiger partial charge in [-0.2, -0.15) is 5.10 Å². The summed E-state index contributed by atoms with van der Waals surface area (Å²) >= 11 is 7.33. The van der Waals surface area contributed by atoms with Crippen LogP contribution < -0.4 is 15.5 Å². The summed E-state index contributed by atoms with van der Waals surface area (Å²) in [5, 5.41) is 18.1. The number of thiazole rings is 1. The van der Waals surface area contributed by atoms with E-state index in [4.69, 9.17) is 16.3 Å². The number of carbonyl (C=O) groups excluding carboxylic acids is 1. The molecular weight excluding hydrogens is 534 g/mol. The molecule has 0 saturated carbocycles. The molecule has 1 aliphatic rings. The Hall–Kier alpha value is -3.66. The van der Waals surface area contributed by atoms with Crippen molar-refractivity contribution in [1.29, 1.82) is 0 Å². The Balaban J connectivity index is 1.12. The highest BCUT2D eigenvalue weighted by Gasteiger charge is 2.16. The van der Waals surface area contributed by atoms with Crippen molar-refractivity contribution < 1.29 is 14.6 Å². The van der Waals surface area contributed by atoms with Gasteiger partial charge in [0, 0.05) is 23.2 Å². The Labute approximate surface area is 236 Å². The van der Waals surface area contributed by atoms with Crippen molar-refractivity contribution in [3.8, 4) is 11.5 Å². The lowest BCUT2D eigenvalue weighted by Crippen LogP contribution is -2.32. The minimum atomic E-state index is -0.518. The van der Waals surface area contributed by atoms with Gasteiger partial charge in [0.15, 0.2) is 5.13 Å². The Morgan fingerprint density at radius 3 is 2.69 bits per heavy atom. The molecule has 39 heavy (non-hydrogen) atoms. The summed E-state index contributed by atoms with van der Waals surface area (Å²) in [7, 11) is 0. The van der Waals surface area contributed by atoms with E-state index in [1.54, 1.807) is 24.3 Å². The standard InChI is InChI=1S/C29H30ClN5O3S/c1-19-10-12-35(13-11-19)17-21-4-9-25-27(14-21)39-29(32-25)33-28(37)34-31-16-22-5-8-24(15-26(22)36)38-18-20-2-6-23(30)7-3-20/h2-9,14-16,19,36H,10-13,17-18H2,1H3,(H2,32,33,34,37)/b31-16+. The Bertz CT molecular complexity index is 1470. The molecule has 202 valence electrons. The molecule has 5 rings (SSSR count). The summed E-state index contributed by atoms with van der Waals surface area (Å²) in [5.74, 6) is 1.30. The number of nitrogens with one attached hydrogen (secondary N) is 2. The zero-order valence-corrected chi connectivity index (χ0v) is 23.1. The number of urea groups is 1. The average molecular weight is 564 g/mol. The SMILES string of the molecule is CC1CCN(Cc2ccc3nc(NC(=O)N/N=C/c4ccc(OCc5ccc(Cl)cc5)cc4O)sc3c2)CC1. The molecule has 3 aromatic carbocycles. The molecule has 0 spiro atoms. The zero-order chi connectivity index (χ0) is 27.2. The molecular formula is C29H30ClN5O3S. The van der Waals surface area contributed by atoms with Gasteiger partial charge in [-0.25, -0.2) is 15.2 Å². The van der Waals surface area contributed by atoms with E-state index < -0.39 is 6.03 Å². The van der Waals surface area contributed by atoms with Crippen molar-refractivity contribution in [2.75, 3.05) is 18.4 Å². The van der Waals surface area contributed by atoms with Crippen LogP contribution in [0.1, 0.15) is 36.5 Å². The molecule has 0 radical (unpaired) electrons. The fourth-order valence-electron chi connectivity index (χ4n) is 4.35. The Morgan fingerprint density at radius 1 is 1.15 bits per heavy atom. The molecule has 10 heteroatoms. The lowest BCUT2D eigenvalue weighted by molar-refractivity contribution is 0.185. The third-order valence-electron chi connectivity index (χ3n) is 6.65. The molecule has 1 fully saturated rings. The summed E-state index contributed by atoms with van der Waals surface area (Å²) in [4.78, 5) is 19.3. The topological polar surface area (TPSA) is 99.1 Å². The number of phenols is 1. The number of carbonyl (C=O) groups is 1.